The van der Waals surface area contributed by atoms with Crippen LogP contribution in [0.25, 0.3) is 0 Å². The van der Waals surface area contributed by atoms with Crippen molar-refractivity contribution in [2.45, 2.75) is 0 Å². The van der Waals surface area contributed by atoms with Gasteiger partial charge >= 0.3 is 6.03 Å². The lowest BCUT2D eigenvalue weighted by Gasteiger charge is -2.13. The normalized spacial score (nSPS) is 10.2. The summed E-state index contributed by atoms with van der Waals surface area (Å²) >= 11 is 0. The molecule has 2 rings (SSSR count). The maximum Gasteiger partial charge on any atom is 0.319 e. The van der Waals surface area contributed by atoms with Crippen molar-refractivity contribution in [3.8, 4) is 0 Å². The molecule has 128 valence electrons. The van der Waals surface area contributed by atoms with Gasteiger partial charge in [-0.05, 0) is 12.1 Å². The number of nitrogens with one attached hydrogen (secondary N) is 3. The summed E-state index contributed by atoms with van der Waals surface area (Å²) in [6.45, 7) is 0.736. The summed E-state index contributed by atoms with van der Waals surface area (Å²) in [4.78, 5) is 13.6. The van der Waals surface area contributed by atoms with Crippen molar-refractivity contribution in [3.05, 3.63) is 42.1 Å². The second kappa shape index (κ2) is 8.04. The molecule has 7 nitrogen and oxygen atoms in total. The number of carbonyl (C=O) groups excluding carboxylic acids is 1. The first-order chi connectivity index (χ1) is 11.5. The first-order valence-electron chi connectivity index (χ1n) is 7.19. The van der Waals surface area contributed by atoms with Crippen LogP contribution >= 0.6 is 0 Å². The molecule has 1 aromatic carbocycles. The third-order valence-corrected chi connectivity index (χ3v) is 3.05. The zero-order chi connectivity index (χ0) is 17.5. The van der Waals surface area contributed by atoms with Gasteiger partial charge in [0.15, 0.2) is 17.5 Å². The Bertz CT molecular complexity index is 710. The molecule has 1 aromatic heterocycles. The minimum Gasteiger partial charge on any atom is -0.376 e. The molecule has 0 saturated carbocycles. The fourth-order valence-corrected chi connectivity index (χ4v) is 1.80. The van der Waals surface area contributed by atoms with E-state index >= 15 is 0 Å². The SMILES string of the molecule is CN(C)c1cnnc(NCCNC(=O)Nc2ccc(F)c(F)c2)c1. The molecule has 0 aliphatic rings. The molecule has 0 aliphatic heterocycles. The Morgan fingerprint density at radius 2 is 1.96 bits per heavy atom. The molecule has 2 aromatic rings. The van der Waals surface area contributed by atoms with E-state index in [-0.39, 0.29) is 5.69 Å². The Balaban J connectivity index is 1.74. The number of benzene rings is 1. The van der Waals surface area contributed by atoms with Gasteiger partial charge in [0, 0.05) is 45.0 Å². The van der Waals surface area contributed by atoms with Gasteiger partial charge in [-0.25, -0.2) is 13.6 Å². The number of hydrogen-bond donors (Lipinski definition) is 3. The standard InChI is InChI=1S/C15H18F2N6O/c1-23(2)11-8-14(22-20-9-11)18-5-6-19-15(24)21-10-3-4-12(16)13(17)7-10/h3-4,7-9H,5-6H2,1-2H3,(H,18,22)(H2,19,21,24). The number of hydrogen-bond acceptors (Lipinski definition) is 5. The van der Waals surface area contributed by atoms with Crippen molar-refractivity contribution >= 4 is 23.2 Å². The molecule has 2 amide bonds. The Hall–Kier alpha value is -2.97. The maximum atomic E-state index is 13.0. The Labute approximate surface area is 138 Å². The van der Waals surface area contributed by atoms with Gasteiger partial charge in [-0.2, -0.15) is 5.10 Å². The number of carbonyl (C=O) groups is 1. The number of halogens is 2. The van der Waals surface area contributed by atoms with Crippen molar-refractivity contribution in [2.75, 3.05) is 42.7 Å². The zero-order valence-corrected chi connectivity index (χ0v) is 13.3. The molecule has 0 unspecified atom stereocenters. The monoisotopic (exact) mass is 336 g/mol. The lowest BCUT2D eigenvalue weighted by Crippen LogP contribution is -2.32. The Morgan fingerprint density at radius 1 is 1.17 bits per heavy atom. The number of aromatic nitrogens is 2. The fraction of sp³-hybridized carbons (Fsp3) is 0.267. The van der Waals surface area contributed by atoms with E-state index in [0.29, 0.717) is 18.9 Å². The van der Waals surface area contributed by atoms with Crippen LogP contribution in [-0.4, -0.2) is 43.4 Å². The predicted octanol–water partition coefficient (Wildman–Crippen LogP) is 2.05. The van der Waals surface area contributed by atoms with E-state index in [9.17, 15) is 13.6 Å². The van der Waals surface area contributed by atoms with Crippen molar-refractivity contribution in [1.29, 1.82) is 0 Å². The van der Waals surface area contributed by atoms with E-state index in [1.807, 2.05) is 25.1 Å². The summed E-state index contributed by atoms with van der Waals surface area (Å²) in [5.74, 6) is -1.40. The molecule has 0 spiro atoms. The van der Waals surface area contributed by atoms with Crippen LogP contribution in [-0.2, 0) is 0 Å². The van der Waals surface area contributed by atoms with Gasteiger partial charge in [-0.1, -0.05) is 0 Å². The Morgan fingerprint density at radius 3 is 2.67 bits per heavy atom. The zero-order valence-electron chi connectivity index (χ0n) is 13.3. The summed E-state index contributed by atoms with van der Waals surface area (Å²) in [6, 6.07) is 4.45. The molecule has 0 bridgehead atoms. The maximum absolute atomic E-state index is 13.0. The second-order valence-electron chi connectivity index (χ2n) is 5.13. The predicted molar refractivity (Wildman–Crippen MR) is 88.2 cm³/mol. The molecule has 24 heavy (non-hydrogen) atoms. The van der Waals surface area contributed by atoms with Crippen LogP contribution in [0.3, 0.4) is 0 Å². The van der Waals surface area contributed by atoms with Crippen LogP contribution in [0.15, 0.2) is 30.5 Å². The van der Waals surface area contributed by atoms with E-state index in [4.69, 9.17) is 0 Å². The summed E-state index contributed by atoms with van der Waals surface area (Å²) < 4.78 is 25.8. The number of rotatable bonds is 6. The molecule has 0 radical (unpaired) electrons. The summed E-state index contributed by atoms with van der Waals surface area (Å²) in [5, 5.41) is 15.8. The lowest BCUT2D eigenvalue weighted by molar-refractivity contribution is 0.252. The van der Waals surface area contributed by atoms with Gasteiger partial charge in [0.1, 0.15) is 0 Å². The van der Waals surface area contributed by atoms with E-state index < -0.39 is 17.7 Å². The van der Waals surface area contributed by atoms with Crippen LogP contribution < -0.4 is 20.9 Å². The van der Waals surface area contributed by atoms with Crippen LogP contribution in [0, 0.1) is 11.6 Å². The molecule has 0 aliphatic carbocycles. The average Bonchev–Trinajstić information content (AvgIpc) is 2.55. The number of urea groups is 1. The molecule has 0 fully saturated rings. The van der Waals surface area contributed by atoms with Gasteiger partial charge in [-0.15, -0.1) is 5.10 Å². The van der Waals surface area contributed by atoms with Gasteiger partial charge in [0.05, 0.1) is 11.9 Å². The highest BCUT2D eigenvalue weighted by Gasteiger charge is 2.06. The van der Waals surface area contributed by atoms with Crippen molar-refractivity contribution in [2.24, 2.45) is 0 Å². The molecule has 9 heteroatoms. The van der Waals surface area contributed by atoms with Gasteiger partial charge in [0.25, 0.3) is 0 Å². The minimum atomic E-state index is -1.02. The first-order valence-corrected chi connectivity index (χ1v) is 7.19. The second-order valence-corrected chi connectivity index (χ2v) is 5.13. The summed E-state index contributed by atoms with van der Waals surface area (Å²) in [6.07, 6.45) is 1.64. The van der Waals surface area contributed by atoms with Crippen molar-refractivity contribution in [3.63, 3.8) is 0 Å². The van der Waals surface area contributed by atoms with E-state index in [1.54, 1.807) is 6.20 Å². The lowest BCUT2D eigenvalue weighted by atomic mass is 10.3. The average molecular weight is 336 g/mol. The highest BCUT2D eigenvalue weighted by atomic mass is 19.2. The molecule has 3 N–H and O–H groups in total. The third-order valence-electron chi connectivity index (χ3n) is 3.05. The van der Waals surface area contributed by atoms with Crippen molar-refractivity contribution in [1.82, 2.24) is 15.5 Å². The molecule has 0 saturated heterocycles. The van der Waals surface area contributed by atoms with E-state index in [0.717, 1.165) is 17.8 Å². The third kappa shape index (κ3) is 5.04. The van der Waals surface area contributed by atoms with Crippen LogP contribution in [0.5, 0.6) is 0 Å². The van der Waals surface area contributed by atoms with Crippen LogP contribution in [0.4, 0.5) is 30.8 Å². The van der Waals surface area contributed by atoms with Gasteiger partial charge in [0.2, 0.25) is 0 Å². The van der Waals surface area contributed by atoms with Gasteiger partial charge in [-0.3, -0.25) is 0 Å². The number of nitrogens with zero attached hydrogens (tertiary/aromatic N) is 3. The molecular formula is C15H18F2N6O. The summed E-state index contributed by atoms with van der Waals surface area (Å²) in [5.41, 5.74) is 1.07. The van der Waals surface area contributed by atoms with Crippen molar-refractivity contribution < 1.29 is 13.6 Å². The smallest absolute Gasteiger partial charge is 0.319 e. The van der Waals surface area contributed by atoms with E-state index in [1.165, 1.54) is 6.07 Å². The molecular weight excluding hydrogens is 318 g/mol. The fourth-order valence-electron chi connectivity index (χ4n) is 1.80. The van der Waals surface area contributed by atoms with Crippen LogP contribution in [0.1, 0.15) is 0 Å². The van der Waals surface area contributed by atoms with Gasteiger partial charge < -0.3 is 20.9 Å². The number of anilines is 3. The first kappa shape index (κ1) is 17.4. The minimum absolute atomic E-state index is 0.170. The number of amides is 2. The Kier molecular flexibility index (Phi) is 5.83. The molecule has 0 atom stereocenters. The largest absolute Gasteiger partial charge is 0.376 e. The highest BCUT2D eigenvalue weighted by Crippen LogP contribution is 2.13. The van der Waals surface area contributed by atoms with Crippen LogP contribution in [0.2, 0.25) is 0 Å². The quantitative estimate of drug-likeness (QED) is 0.704. The molecule has 1 heterocycles. The topological polar surface area (TPSA) is 82.2 Å². The summed E-state index contributed by atoms with van der Waals surface area (Å²) in [7, 11) is 3.79. The van der Waals surface area contributed by atoms with E-state index in [2.05, 4.69) is 26.1 Å². The highest BCUT2D eigenvalue weighted by molar-refractivity contribution is 5.89.